The Balaban J connectivity index is 2.36. The van der Waals surface area contributed by atoms with Crippen molar-refractivity contribution in [2.75, 3.05) is 12.5 Å². The third-order valence-electron chi connectivity index (χ3n) is 1.93. The second-order valence-corrected chi connectivity index (χ2v) is 4.43. The lowest BCUT2D eigenvalue weighted by Crippen LogP contribution is -2.46. The summed E-state index contributed by atoms with van der Waals surface area (Å²) >= 11 is 5.70. The lowest BCUT2D eigenvalue weighted by Gasteiger charge is -2.23. The SMILES string of the molecule is CC(C)(CCl)NC(=O)COc1ccccc1. The fourth-order valence-electron chi connectivity index (χ4n) is 1.11. The van der Waals surface area contributed by atoms with Gasteiger partial charge in [0.25, 0.3) is 5.91 Å². The highest BCUT2D eigenvalue weighted by atomic mass is 35.5. The molecule has 0 aliphatic heterocycles. The zero-order chi connectivity index (χ0) is 12.0. The third-order valence-corrected chi connectivity index (χ3v) is 2.59. The normalized spacial score (nSPS) is 10.9. The van der Waals surface area contributed by atoms with Gasteiger partial charge in [0, 0.05) is 11.4 Å². The fraction of sp³-hybridized carbons (Fsp3) is 0.417. The zero-order valence-corrected chi connectivity index (χ0v) is 10.3. The van der Waals surface area contributed by atoms with E-state index in [0.29, 0.717) is 11.6 Å². The van der Waals surface area contributed by atoms with Crippen LogP contribution in [0, 0.1) is 0 Å². The van der Waals surface area contributed by atoms with Crippen molar-refractivity contribution in [2.24, 2.45) is 0 Å². The Labute approximate surface area is 101 Å². The van der Waals surface area contributed by atoms with Crippen LogP contribution in [0.3, 0.4) is 0 Å². The van der Waals surface area contributed by atoms with Crippen LogP contribution in [0.1, 0.15) is 13.8 Å². The Bertz CT molecular complexity index is 338. The van der Waals surface area contributed by atoms with Gasteiger partial charge in [-0.1, -0.05) is 18.2 Å². The fourth-order valence-corrected chi connectivity index (χ4v) is 1.18. The molecular weight excluding hydrogens is 226 g/mol. The number of hydrogen-bond acceptors (Lipinski definition) is 2. The van der Waals surface area contributed by atoms with E-state index in [1.54, 1.807) is 12.1 Å². The van der Waals surface area contributed by atoms with Crippen molar-refractivity contribution in [3.63, 3.8) is 0 Å². The molecule has 0 heterocycles. The highest BCUT2D eigenvalue weighted by Gasteiger charge is 2.18. The number of carbonyl (C=O) groups is 1. The Hall–Kier alpha value is -1.22. The molecule has 4 heteroatoms. The second kappa shape index (κ2) is 5.75. The molecule has 0 fully saturated rings. The van der Waals surface area contributed by atoms with Gasteiger partial charge < -0.3 is 10.1 Å². The van der Waals surface area contributed by atoms with E-state index in [1.165, 1.54) is 0 Å². The van der Waals surface area contributed by atoms with E-state index in [2.05, 4.69) is 5.32 Å². The molecule has 0 aliphatic rings. The molecule has 0 saturated carbocycles. The molecule has 1 amide bonds. The number of hydrogen-bond donors (Lipinski definition) is 1. The van der Waals surface area contributed by atoms with Gasteiger partial charge in [0.15, 0.2) is 6.61 Å². The van der Waals surface area contributed by atoms with Crippen LogP contribution in [-0.4, -0.2) is 23.9 Å². The Morgan fingerprint density at radius 1 is 1.38 bits per heavy atom. The van der Waals surface area contributed by atoms with Crippen molar-refractivity contribution in [2.45, 2.75) is 19.4 Å². The number of carbonyl (C=O) groups excluding carboxylic acids is 1. The van der Waals surface area contributed by atoms with Gasteiger partial charge in [-0.3, -0.25) is 4.79 Å². The monoisotopic (exact) mass is 241 g/mol. The number of benzene rings is 1. The third kappa shape index (κ3) is 4.53. The summed E-state index contributed by atoms with van der Waals surface area (Å²) in [5, 5.41) is 2.78. The van der Waals surface area contributed by atoms with Gasteiger partial charge in [-0.15, -0.1) is 11.6 Å². The molecule has 88 valence electrons. The minimum absolute atomic E-state index is 0.00430. The molecule has 1 aromatic rings. The highest BCUT2D eigenvalue weighted by Crippen LogP contribution is 2.08. The minimum atomic E-state index is -0.404. The van der Waals surface area contributed by atoms with Crippen LogP contribution < -0.4 is 10.1 Å². The van der Waals surface area contributed by atoms with Crippen molar-refractivity contribution in [3.8, 4) is 5.75 Å². The topological polar surface area (TPSA) is 38.3 Å². The predicted octanol–water partition coefficient (Wildman–Crippen LogP) is 2.20. The Morgan fingerprint density at radius 2 is 2.00 bits per heavy atom. The van der Waals surface area contributed by atoms with Gasteiger partial charge >= 0.3 is 0 Å². The van der Waals surface area contributed by atoms with Gasteiger partial charge in [-0.2, -0.15) is 0 Å². The van der Waals surface area contributed by atoms with E-state index in [-0.39, 0.29) is 12.5 Å². The molecule has 0 bridgehead atoms. The molecule has 0 atom stereocenters. The first-order chi connectivity index (χ1) is 7.53. The number of alkyl halides is 1. The van der Waals surface area contributed by atoms with Crippen LogP contribution in [-0.2, 0) is 4.79 Å². The van der Waals surface area contributed by atoms with Gasteiger partial charge in [-0.05, 0) is 26.0 Å². The number of ether oxygens (including phenoxy) is 1. The molecule has 0 unspecified atom stereocenters. The average molecular weight is 242 g/mol. The van der Waals surface area contributed by atoms with Crippen LogP contribution in [0.4, 0.5) is 0 Å². The predicted molar refractivity (Wildman–Crippen MR) is 64.9 cm³/mol. The standard InChI is InChI=1S/C12H16ClNO2/c1-12(2,9-13)14-11(15)8-16-10-6-4-3-5-7-10/h3-7H,8-9H2,1-2H3,(H,14,15). The van der Waals surface area contributed by atoms with Crippen molar-refractivity contribution in [1.82, 2.24) is 5.32 Å². The second-order valence-electron chi connectivity index (χ2n) is 4.17. The maximum Gasteiger partial charge on any atom is 0.258 e. The largest absolute Gasteiger partial charge is 0.484 e. The molecule has 1 N–H and O–H groups in total. The van der Waals surface area contributed by atoms with Gasteiger partial charge in [0.05, 0.1) is 0 Å². The van der Waals surface area contributed by atoms with E-state index in [0.717, 1.165) is 0 Å². The van der Waals surface area contributed by atoms with Gasteiger partial charge in [-0.25, -0.2) is 0 Å². The van der Waals surface area contributed by atoms with Crippen molar-refractivity contribution in [3.05, 3.63) is 30.3 Å². The number of amides is 1. The number of halogens is 1. The first-order valence-electron chi connectivity index (χ1n) is 5.08. The van der Waals surface area contributed by atoms with E-state index in [4.69, 9.17) is 16.3 Å². The summed E-state index contributed by atoms with van der Waals surface area (Å²) in [6, 6.07) is 9.22. The molecule has 0 aromatic heterocycles. The zero-order valence-electron chi connectivity index (χ0n) is 9.50. The molecule has 0 radical (unpaired) electrons. The van der Waals surface area contributed by atoms with E-state index in [1.807, 2.05) is 32.0 Å². The highest BCUT2D eigenvalue weighted by molar-refractivity contribution is 6.18. The summed E-state index contributed by atoms with van der Waals surface area (Å²) in [4.78, 5) is 11.5. The lowest BCUT2D eigenvalue weighted by atomic mass is 10.1. The van der Waals surface area contributed by atoms with E-state index >= 15 is 0 Å². The molecule has 1 aromatic carbocycles. The molecule has 16 heavy (non-hydrogen) atoms. The summed E-state index contributed by atoms with van der Waals surface area (Å²) in [5.74, 6) is 0.875. The number of nitrogens with one attached hydrogen (secondary N) is 1. The maximum absolute atomic E-state index is 11.5. The Morgan fingerprint density at radius 3 is 2.56 bits per heavy atom. The van der Waals surface area contributed by atoms with Crippen LogP contribution in [0.15, 0.2) is 30.3 Å². The summed E-state index contributed by atoms with van der Waals surface area (Å²) in [6.45, 7) is 3.73. The first-order valence-corrected chi connectivity index (χ1v) is 5.62. The van der Waals surface area contributed by atoms with Crippen LogP contribution in [0.5, 0.6) is 5.75 Å². The van der Waals surface area contributed by atoms with Crippen LogP contribution >= 0.6 is 11.6 Å². The quantitative estimate of drug-likeness (QED) is 0.803. The number of rotatable bonds is 5. The number of para-hydroxylation sites is 1. The molecule has 0 aliphatic carbocycles. The smallest absolute Gasteiger partial charge is 0.258 e. The first kappa shape index (κ1) is 12.8. The summed E-state index contributed by atoms with van der Waals surface area (Å²) in [6.07, 6.45) is 0. The van der Waals surface area contributed by atoms with Gasteiger partial charge in [0.2, 0.25) is 0 Å². The maximum atomic E-state index is 11.5. The molecule has 3 nitrogen and oxygen atoms in total. The van der Waals surface area contributed by atoms with Crippen LogP contribution in [0.25, 0.3) is 0 Å². The van der Waals surface area contributed by atoms with E-state index < -0.39 is 5.54 Å². The minimum Gasteiger partial charge on any atom is -0.484 e. The Kier molecular flexibility index (Phi) is 4.62. The molecule has 0 spiro atoms. The molecule has 1 rings (SSSR count). The van der Waals surface area contributed by atoms with Crippen molar-refractivity contribution < 1.29 is 9.53 Å². The molecular formula is C12H16ClNO2. The van der Waals surface area contributed by atoms with Crippen molar-refractivity contribution in [1.29, 1.82) is 0 Å². The summed E-state index contributed by atoms with van der Waals surface area (Å²) in [5.41, 5.74) is -0.404. The van der Waals surface area contributed by atoms with Crippen LogP contribution in [0.2, 0.25) is 0 Å². The summed E-state index contributed by atoms with van der Waals surface area (Å²) < 4.78 is 5.30. The average Bonchev–Trinajstić information content (AvgIpc) is 2.27. The summed E-state index contributed by atoms with van der Waals surface area (Å²) in [7, 11) is 0. The lowest BCUT2D eigenvalue weighted by molar-refractivity contribution is -0.124. The van der Waals surface area contributed by atoms with Crippen molar-refractivity contribution >= 4 is 17.5 Å². The molecule has 0 saturated heterocycles. The van der Waals surface area contributed by atoms with E-state index in [9.17, 15) is 4.79 Å². The van der Waals surface area contributed by atoms with Gasteiger partial charge in [0.1, 0.15) is 5.75 Å².